The van der Waals surface area contributed by atoms with E-state index in [4.69, 9.17) is 14.5 Å². The van der Waals surface area contributed by atoms with Crippen molar-refractivity contribution in [1.29, 1.82) is 0 Å². The van der Waals surface area contributed by atoms with Crippen molar-refractivity contribution in [3.8, 4) is 27.5 Å². The monoisotopic (exact) mass is 483 g/mol. The summed E-state index contributed by atoms with van der Waals surface area (Å²) >= 11 is 1.75. The quantitative estimate of drug-likeness (QED) is 0.281. The lowest BCUT2D eigenvalue weighted by Gasteiger charge is -2.15. The molecule has 4 aromatic carbocycles. The summed E-state index contributed by atoms with van der Waals surface area (Å²) in [6, 6.07) is 29.0. The summed E-state index contributed by atoms with van der Waals surface area (Å²) < 4.78 is 9.11. The molecule has 0 bridgehead atoms. The minimum atomic E-state index is 0.707. The summed E-state index contributed by atoms with van der Waals surface area (Å²) in [6.07, 6.45) is 3.40. The minimum absolute atomic E-state index is 0.707. The molecule has 8 aromatic rings. The van der Waals surface area contributed by atoms with E-state index in [2.05, 4.69) is 58.5 Å². The van der Waals surface area contributed by atoms with Crippen molar-refractivity contribution < 1.29 is 4.42 Å². The van der Waals surface area contributed by atoms with Crippen LogP contribution < -0.4 is 0 Å². The molecule has 0 fully saturated rings. The topological polar surface area (TPSA) is 72.5 Å². The van der Waals surface area contributed by atoms with Crippen molar-refractivity contribution in [2.45, 2.75) is 0 Å². The van der Waals surface area contributed by atoms with Crippen LogP contribution in [0.5, 0.6) is 0 Å². The largest absolute Gasteiger partial charge is 0.443 e. The molecule has 0 saturated heterocycles. The summed E-state index contributed by atoms with van der Waals surface area (Å²) in [6.45, 7) is 0. The molecule has 0 aliphatic carbocycles. The predicted molar refractivity (Wildman–Crippen MR) is 145 cm³/mol. The maximum Gasteiger partial charge on any atom is 0.182 e. The highest BCUT2D eigenvalue weighted by molar-refractivity contribution is 7.22. The number of aromatic nitrogens is 5. The number of fused-ring (bicyclic) bond motifs is 4. The van der Waals surface area contributed by atoms with Crippen molar-refractivity contribution in [1.82, 2.24) is 24.7 Å². The van der Waals surface area contributed by atoms with Crippen LogP contribution in [0.3, 0.4) is 0 Å². The second-order valence-corrected chi connectivity index (χ2v) is 9.80. The number of hydrogen-bond donors (Lipinski definition) is 1. The van der Waals surface area contributed by atoms with E-state index in [0.29, 0.717) is 5.58 Å². The first-order valence-corrected chi connectivity index (χ1v) is 12.4. The van der Waals surface area contributed by atoms with Crippen molar-refractivity contribution in [2.75, 3.05) is 0 Å². The van der Waals surface area contributed by atoms with Gasteiger partial charge in [0, 0.05) is 20.5 Å². The fraction of sp³-hybridized carbons (Fsp3) is 0. The highest BCUT2D eigenvalue weighted by atomic mass is 32.1. The Hall–Kier alpha value is -4.75. The van der Waals surface area contributed by atoms with Crippen molar-refractivity contribution in [3.63, 3.8) is 0 Å². The molecule has 0 aliphatic heterocycles. The Kier molecular flexibility index (Phi) is 4.00. The lowest BCUT2D eigenvalue weighted by Crippen LogP contribution is -2.03. The highest BCUT2D eigenvalue weighted by Crippen LogP contribution is 2.44. The van der Waals surface area contributed by atoms with Crippen LogP contribution in [-0.4, -0.2) is 24.7 Å². The number of rotatable bonds is 3. The van der Waals surface area contributed by atoms with Gasteiger partial charge in [-0.2, -0.15) is 5.10 Å². The standard InChI is InChI=1S/C29H17N5OS/c1-5-11-22-18(8-1)15-31-34(22)28-19(25-13-17-7-2-6-12-24(17)36-25)14-23-27(30-16-35-23)26(28)29-32-20-9-3-4-10-21(20)33-29/h1-16H,(H,32,33). The zero-order valence-corrected chi connectivity index (χ0v) is 19.7. The first-order valence-electron chi connectivity index (χ1n) is 11.6. The third-order valence-corrected chi connectivity index (χ3v) is 7.75. The lowest BCUT2D eigenvalue weighted by atomic mass is 10.0. The van der Waals surface area contributed by atoms with E-state index in [1.54, 1.807) is 11.3 Å². The number of H-pyrrole nitrogens is 1. The molecule has 0 amide bonds. The van der Waals surface area contributed by atoms with E-state index >= 15 is 0 Å². The van der Waals surface area contributed by atoms with Gasteiger partial charge >= 0.3 is 0 Å². The molecular formula is C29H17N5OS. The Morgan fingerprint density at radius 3 is 2.61 bits per heavy atom. The molecule has 0 unspecified atom stereocenters. The van der Waals surface area contributed by atoms with Crippen LogP contribution in [0.1, 0.15) is 0 Å². The van der Waals surface area contributed by atoms with E-state index in [1.807, 2.05) is 47.3 Å². The van der Waals surface area contributed by atoms with Gasteiger partial charge in [0.2, 0.25) is 0 Å². The van der Waals surface area contributed by atoms with Crippen LogP contribution in [0.25, 0.3) is 70.6 Å². The second-order valence-electron chi connectivity index (χ2n) is 8.71. The lowest BCUT2D eigenvalue weighted by molar-refractivity contribution is 0.602. The zero-order valence-electron chi connectivity index (χ0n) is 18.8. The molecule has 8 rings (SSSR count). The number of oxazole rings is 1. The first kappa shape index (κ1) is 19.5. The molecule has 170 valence electrons. The maximum atomic E-state index is 5.87. The zero-order chi connectivity index (χ0) is 23.6. The maximum absolute atomic E-state index is 5.87. The number of para-hydroxylation sites is 3. The molecule has 6 nitrogen and oxygen atoms in total. The van der Waals surface area contributed by atoms with Gasteiger partial charge in [0.1, 0.15) is 11.3 Å². The number of nitrogens with one attached hydrogen (secondary N) is 1. The average molecular weight is 484 g/mol. The van der Waals surface area contributed by atoms with E-state index < -0.39 is 0 Å². The average Bonchev–Trinajstić information content (AvgIpc) is 3.71. The van der Waals surface area contributed by atoms with E-state index in [9.17, 15) is 0 Å². The Bertz CT molecular complexity index is 2010. The van der Waals surface area contributed by atoms with E-state index in [0.717, 1.165) is 55.0 Å². The molecule has 4 heterocycles. The number of nitrogens with zero attached hydrogens (tertiary/aromatic N) is 4. The number of aromatic amines is 1. The van der Waals surface area contributed by atoms with Crippen molar-refractivity contribution in [3.05, 3.63) is 97.5 Å². The minimum Gasteiger partial charge on any atom is -0.443 e. The molecular weight excluding hydrogens is 466 g/mol. The molecule has 0 radical (unpaired) electrons. The van der Waals surface area contributed by atoms with Crippen LogP contribution in [0, 0.1) is 0 Å². The molecule has 4 aromatic heterocycles. The van der Waals surface area contributed by atoms with Gasteiger partial charge in [0.25, 0.3) is 0 Å². The summed E-state index contributed by atoms with van der Waals surface area (Å²) in [5, 5.41) is 7.13. The smallest absolute Gasteiger partial charge is 0.182 e. The summed E-state index contributed by atoms with van der Waals surface area (Å²) in [5.41, 5.74) is 7.12. The van der Waals surface area contributed by atoms with Crippen LogP contribution in [0.4, 0.5) is 0 Å². The Morgan fingerprint density at radius 1 is 0.861 bits per heavy atom. The molecule has 1 N–H and O–H groups in total. The third kappa shape index (κ3) is 2.80. The fourth-order valence-corrected chi connectivity index (χ4v) is 6.04. The van der Waals surface area contributed by atoms with Crippen molar-refractivity contribution in [2.24, 2.45) is 0 Å². The van der Waals surface area contributed by atoms with Gasteiger partial charge in [-0.3, -0.25) is 0 Å². The first-order chi connectivity index (χ1) is 17.8. The highest BCUT2D eigenvalue weighted by Gasteiger charge is 2.25. The Labute approximate surface area is 208 Å². The molecule has 0 spiro atoms. The molecule has 0 aliphatic rings. The van der Waals surface area contributed by atoms with Crippen LogP contribution in [0.15, 0.2) is 102 Å². The Balaban J connectivity index is 1.55. The van der Waals surface area contributed by atoms with E-state index in [-0.39, 0.29) is 0 Å². The SMILES string of the molecule is c1ccc2sc(-c3cc4ocnc4c(-c4nc5ccccc5[nH]4)c3-n3ncc4ccccc43)cc2c1. The van der Waals surface area contributed by atoms with Gasteiger partial charge in [-0.15, -0.1) is 11.3 Å². The normalized spacial score (nSPS) is 11.9. The number of imidazole rings is 1. The number of thiophene rings is 1. The van der Waals surface area contributed by atoms with Crippen molar-refractivity contribution >= 4 is 54.5 Å². The van der Waals surface area contributed by atoms with Gasteiger partial charge in [-0.25, -0.2) is 14.6 Å². The van der Waals surface area contributed by atoms with E-state index in [1.165, 1.54) is 16.5 Å². The molecule has 7 heteroatoms. The predicted octanol–water partition coefficient (Wildman–Crippen LogP) is 7.59. The number of benzene rings is 4. The van der Waals surface area contributed by atoms with Gasteiger partial charge in [0.05, 0.1) is 34.0 Å². The summed E-state index contributed by atoms with van der Waals surface area (Å²) in [4.78, 5) is 14.2. The molecule has 36 heavy (non-hydrogen) atoms. The van der Waals surface area contributed by atoms with Gasteiger partial charge < -0.3 is 9.40 Å². The molecule has 0 saturated carbocycles. The summed E-state index contributed by atoms with van der Waals surface area (Å²) in [5.74, 6) is 0.729. The third-order valence-electron chi connectivity index (χ3n) is 6.61. The van der Waals surface area contributed by atoms with Gasteiger partial charge in [-0.05, 0) is 41.8 Å². The molecule has 0 atom stereocenters. The van der Waals surface area contributed by atoms with Crippen LogP contribution >= 0.6 is 11.3 Å². The van der Waals surface area contributed by atoms with Crippen LogP contribution in [0.2, 0.25) is 0 Å². The second kappa shape index (κ2) is 7.37. The number of hydrogen-bond acceptors (Lipinski definition) is 5. The Morgan fingerprint density at radius 2 is 1.69 bits per heavy atom. The fourth-order valence-electron chi connectivity index (χ4n) is 4.96. The van der Waals surface area contributed by atoms with Gasteiger partial charge in [0.15, 0.2) is 12.0 Å². The van der Waals surface area contributed by atoms with Crippen LogP contribution in [-0.2, 0) is 0 Å². The summed E-state index contributed by atoms with van der Waals surface area (Å²) in [7, 11) is 0. The van der Waals surface area contributed by atoms with Gasteiger partial charge in [-0.1, -0.05) is 48.5 Å².